The molecule has 6 heavy (non-hydrogen) atoms. The summed E-state index contributed by atoms with van der Waals surface area (Å²) in [5, 5.41) is 8.59. The van der Waals surface area contributed by atoms with Crippen molar-refractivity contribution in [2.75, 3.05) is 6.61 Å². The molecular formula is C4H8O2. The van der Waals surface area contributed by atoms with Crippen LogP contribution in [0.3, 0.4) is 0 Å². The fourth-order valence-electron chi connectivity index (χ4n) is 0.375. The van der Waals surface area contributed by atoms with Gasteiger partial charge in [0.2, 0.25) is 0 Å². The normalized spacial score (nSPS) is 45.0. The molecule has 0 aromatic heterocycles. The number of aliphatic hydroxyl groups is 1. The fraction of sp³-hybridized carbons (Fsp3) is 1.00. The number of hydrogen-bond donors (Lipinski definition) is 1. The van der Waals surface area contributed by atoms with Crippen LogP contribution < -0.4 is 0 Å². The van der Waals surface area contributed by atoms with Crippen LogP contribution in [0.2, 0.25) is 0 Å². The summed E-state index contributed by atoms with van der Waals surface area (Å²) in [6.07, 6.45) is -0.102. The monoisotopic (exact) mass is 88.1 g/mol. The Hall–Kier alpha value is -0.0800. The fourth-order valence-corrected chi connectivity index (χ4v) is 0.375. The van der Waals surface area contributed by atoms with Gasteiger partial charge in [-0.2, -0.15) is 0 Å². The molecule has 1 N–H and O–H groups in total. The van der Waals surface area contributed by atoms with Crippen LogP contribution >= 0.6 is 0 Å². The molecule has 0 amide bonds. The zero-order valence-electron chi connectivity index (χ0n) is 3.72. The van der Waals surface area contributed by atoms with Gasteiger partial charge in [0.1, 0.15) is 6.10 Å². The first-order valence-electron chi connectivity index (χ1n) is 2.10. The highest BCUT2D eigenvalue weighted by Gasteiger charge is 2.24. The molecule has 2 atom stereocenters. The molecule has 2 heteroatoms. The van der Waals surface area contributed by atoms with Gasteiger partial charge in [-0.15, -0.1) is 0 Å². The van der Waals surface area contributed by atoms with Crippen molar-refractivity contribution >= 4 is 0 Å². The van der Waals surface area contributed by atoms with Crippen molar-refractivity contribution in [3.8, 4) is 0 Å². The van der Waals surface area contributed by atoms with Crippen LogP contribution in [-0.2, 0) is 4.74 Å². The molecule has 2 unspecified atom stereocenters. The zero-order chi connectivity index (χ0) is 4.57. The van der Waals surface area contributed by atoms with E-state index in [9.17, 15) is 0 Å². The molecule has 0 spiro atoms. The number of rotatable bonds is 0. The molecule has 0 aromatic rings. The van der Waals surface area contributed by atoms with Crippen molar-refractivity contribution in [2.24, 2.45) is 0 Å². The van der Waals surface area contributed by atoms with E-state index in [1.54, 1.807) is 0 Å². The van der Waals surface area contributed by atoms with E-state index in [0.717, 1.165) is 0 Å². The summed E-state index contributed by atoms with van der Waals surface area (Å²) in [7, 11) is 0. The van der Waals surface area contributed by atoms with E-state index in [0.29, 0.717) is 6.61 Å². The molecule has 1 saturated heterocycles. The maximum Gasteiger partial charge on any atom is 0.103 e. The molecule has 0 saturated carbocycles. The quantitative estimate of drug-likeness (QED) is 0.443. The summed E-state index contributed by atoms with van der Waals surface area (Å²) < 4.78 is 4.79. The standard InChI is InChI=1S/C4H8O2/c1-3-4(5)2-6-3/h3-5H,2H2,1H3. The van der Waals surface area contributed by atoms with Crippen LogP contribution in [0.15, 0.2) is 0 Å². The first-order valence-corrected chi connectivity index (χ1v) is 2.10. The Morgan fingerprint density at radius 3 is 2.33 bits per heavy atom. The Labute approximate surface area is 36.7 Å². The molecule has 36 valence electrons. The van der Waals surface area contributed by atoms with Gasteiger partial charge in [-0.3, -0.25) is 0 Å². The van der Waals surface area contributed by atoms with E-state index in [1.165, 1.54) is 0 Å². The summed E-state index contributed by atoms with van der Waals surface area (Å²) in [5.74, 6) is 0. The lowest BCUT2D eigenvalue weighted by atomic mass is 10.2. The minimum Gasteiger partial charge on any atom is -0.388 e. The highest BCUT2D eigenvalue weighted by atomic mass is 16.5. The molecule has 0 bridgehead atoms. The van der Waals surface area contributed by atoms with Crippen LogP contribution in [0.4, 0.5) is 0 Å². The molecule has 0 radical (unpaired) electrons. The third-order valence-electron chi connectivity index (χ3n) is 1.07. The van der Waals surface area contributed by atoms with Crippen molar-refractivity contribution in [3.63, 3.8) is 0 Å². The Balaban J connectivity index is 2.20. The van der Waals surface area contributed by atoms with Crippen molar-refractivity contribution in [2.45, 2.75) is 19.1 Å². The second-order valence-electron chi connectivity index (χ2n) is 1.61. The maximum absolute atomic E-state index is 8.59. The Bertz CT molecular complexity index is 45.5. The topological polar surface area (TPSA) is 29.5 Å². The zero-order valence-corrected chi connectivity index (χ0v) is 3.72. The van der Waals surface area contributed by atoms with E-state index in [2.05, 4.69) is 0 Å². The van der Waals surface area contributed by atoms with Crippen molar-refractivity contribution in [1.29, 1.82) is 0 Å². The molecule has 1 aliphatic rings. The number of ether oxygens (including phenoxy) is 1. The van der Waals surface area contributed by atoms with Gasteiger partial charge in [0, 0.05) is 0 Å². The molecule has 0 aliphatic carbocycles. The van der Waals surface area contributed by atoms with Gasteiger partial charge in [-0.1, -0.05) is 0 Å². The van der Waals surface area contributed by atoms with Crippen molar-refractivity contribution in [3.05, 3.63) is 0 Å². The van der Waals surface area contributed by atoms with Crippen molar-refractivity contribution in [1.82, 2.24) is 0 Å². The smallest absolute Gasteiger partial charge is 0.103 e. The summed E-state index contributed by atoms with van der Waals surface area (Å²) in [5.41, 5.74) is 0. The van der Waals surface area contributed by atoms with E-state index >= 15 is 0 Å². The van der Waals surface area contributed by atoms with Gasteiger partial charge in [0.15, 0.2) is 0 Å². The van der Waals surface area contributed by atoms with Gasteiger partial charge < -0.3 is 9.84 Å². The minimum atomic E-state index is -0.190. The Kier molecular flexibility index (Phi) is 0.821. The summed E-state index contributed by atoms with van der Waals surface area (Å²) in [4.78, 5) is 0. The highest BCUT2D eigenvalue weighted by molar-refractivity contribution is 4.71. The lowest BCUT2D eigenvalue weighted by Gasteiger charge is -2.28. The highest BCUT2D eigenvalue weighted by Crippen LogP contribution is 2.09. The third kappa shape index (κ3) is 0.420. The van der Waals surface area contributed by atoms with Crippen LogP contribution in [-0.4, -0.2) is 23.9 Å². The van der Waals surface area contributed by atoms with Gasteiger partial charge in [0.05, 0.1) is 12.7 Å². The second kappa shape index (κ2) is 1.21. The third-order valence-corrected chi connectivity index (χ3v) is 1.07. The molecule has 2 nitrogen and oxygen atoms in total. The van der Waals surface area contributed by atoms with E-state index in [-0.39, 0.29) is 12.2 Å². The van der Waals surface area contributed by atoms with E-state index < -0.39 is 0 Å². The molecule has 1 heterocycles. The maximum atomic E-state index is 8.59. The first-order chi connectivity index (χ1) is 2.80. The molecule has 0 aromatic carbocycles. The molecule has 1 aliphatic heterocycles. The van der Waals surface area contributed by atoms with Gasteiger partial charge in [0.25, 0.3) is 0 Å². The van der Waals surface area contributed by atoms with Crippen LogP contribution in [0, 0.1) is 0 Å². The minimum absolute atomic E-state index is 0.0880. The molecular weight excluding hydrogens is 80.0 g/mol. The van der Waals surface area contributed by atoms with Crippen LogP contribution in [0.1, 0.15) is 6.92 Å². The molecule has 1 fully saturated rings. The van der Waals surface area contributed by atoms with Crippen LogP contribution in [0.25, 0.3) is 0 Å². The number of aliphatic hydroxyl groups excluding tert-OH is 1. The average Bonchev–Trinajstić information content (AvgIpc) is 1.61. The predicted molar refractivity (Wildman–Crippen MR) is 21.4 cm³/mol. The van der Waals surface area contributed by atoms with Gasteiger partial charge in [-0.25, -0.2) is 0 Å². The van der Waals surface area contributed by atoms with Gasteiger partial charge in [-0.05, 0) is 6.92 Å². The summed E-state index contributed by atoms with van der Waals surface area (Å²) >= 11 is 0. The molecule has 1 rings (SSSR count). The first kappa shape index (κ1) is 4.09. The van der Waals surface area contributed by atoms with E-state index in [1.807, 2.05) is 6.92 Å². The Morgan fingerprint density at radius 2 is 2.33 bits per heavy atom. The summed E-state index contributed by atoms with van der Waals surface area (Å²) in [6.45, 7) is 2.38. The lowest BCUT2D eigenvalue weighted by Crippen LogP contribution is -2.42. The SMILES string of the molecule is CC1OCC1O. The summed E-state index contributed by atoms with van der Waals surface area (Å²) in [6, 6.07) is 0. The largest absolute Gasteiger partial charge is 0.388 e. The van der Waals surface area contributed by atoms with Crippen LogP contribution in [0.5, 0.6) is 0 Å². The van der Waals surface area contributed by atoms with Gasteiger partial charge >= 0.3 is 0 Å². The average molecular weight is 88.1 g/mol. The van der Waals surface area contributed by atoms with Crippen molar-refractivity contribution < 1.29 is 9.84 Å². The van der Waals surface area contributed by atoms with E-state index in [4.69, 9.17) is 9.84 Å². The predicted octanol–water partition coefficient (Wildman–Crippen LogP) is -0.234. The Morgan fingerprint density at radius 1 is 1.83 bits per heavy atom. The second-order valence-corrected chi connectivity index (χ2v) is 1.61. The lowest BCUT2D eigenvalue weighted by molar-refractivity contribution is -0.152. The number of hydrogen-bond acceptors (Lipinski definition) is 2.